The number of pyridine rings is 1. The summed E-state index contributed by atoms with van der Waals surface area (Å²) in [5.41, 5.74) is 1.72. The molecule has 2 aromatic rings. The second-order valence-corrected chi connectivity index (χ2v) is 6.71. The van der Waals surface area contributed by atoms with Crippen LogP contribution in [0, 0.1) is 5.82 Å². The maximum absolute atomic E-state index is 14.1. The summed E-state index contributed by atoms with van der Waals surface area (Å²) in [5.74, 6) is 0.249. The highest BCUT2D eigenvalue weighted by molar-refractivity contribution is 5.77. The molecule has 4 rings (SSSR count). The van der Waals surface area contributed by atoms with Gasteiger partial charge in [0.25, 0.3) is 0 Å². The highest BCUT2D eigenvalue weighted by atomic mass is 19.1. The lowest BCUT2D eigenvalue weighted by Crippen LogP contribution is -2.58. The number of imidazole rings is 1. The number of aromatic amines is 1. The summed E-state index contributed by atoms with van der Waals surface area (Å²) < 4.78 is 14.1. The first-order valence-corrected chi connectivity index (χ1v) is 8.84. The number of halogens is 1. The van der Waals surface area contributed by atoms with E-state index in [9.17, 15) is 9.18 Å². The lowest BCUT2D eigenvalue weighted by Gasteiger charge is -2.50. The number of anilines is 1. The van der Waals surface area contributed by atoms with Crippen LogP contribution in [-0.2, 0) is 16.8 Å². The number of amides is 1. The number of H-pyrrole nitrogens is 1. The molecule has 0 aliphatic carbocycles. The Bertz CT molecular complexity index is 781. The number of carbonyl (C=O) groups is 1. The van der Waals surface area contributed by atoms with Gasteiger partial charge < -0.3 is 14.8 Å². The van der Waals surface area contributed by atoms with Crippen LogP contribution >= 0.6 is 0 Å². The zero-order valence-electron chi connectivity index (χ0n) is 14.3. The van der Waals surface area contributed by atoms with E-state index in [4.69, 9.17) is 0 Å². The molecule has 0 saturated carbocycles. The van der Waals surface area contributed by atoms with Crippen LogP contribution in [0.1, 0.15) is 37.6 Å². The maximum atomic E-state index is 14.1. The van der Waals surface area contributed by atoms with Gasteiger partial charge >= 0.3 is 0 Å². The van der Waals surface area contributed by atoms with Crippen molar-refractivity contribution >= 4 is 11.7 Å². The second kappa shape index (κ2) is 6.13. The zero-order chi connectivity index (χ0) is 17.4. The quantitative estimate of drug-likeness (QED) is 0.908. The Kier molecular flexibility index (Phi) is 3.94. The molecule has 7 heteroatoms. The molecule has 25 heavy (non-hydrogen) atoms. The Hall–Kier alpha value is -2.44. The molecule has 2 aromatic heterocycles. The Morgan fingerprint density at radius 3 is 2.84 bits per heavy atom. The fourth-order valence-electron chi connectivity index (χ4n) is 4.24. The first-order valence-electron chi connectivity index (χ1n) is 8.84. The molecule has 2 aliphatic rings. The van der Waals surface area contributed by atoms with Gasteiger partial charge in [0, 0.05) is 44.4 Å². The van der Waals surface area contributed by atoms with Crippen LogP contribution in [0.4, 0.5) is 10.2 Å². The predicted octanol–water partition coefficient (Wildman–Crippen LogP) is 2.23. The van der Waals surface area contributed by atoms with E-state index in [0.717, 1.165) is 30.7 Å². The average molecular weight is 343 g/mol. The van der Waals surface area contributed by atoms with Gasteiger partial charge in [-0.15, -0.1) is 0 Å². The fourth-order valence-corrected chi connectivity index (χ4v) is 4.24. The van der Waals surface area contributed by atoms with Crippen molar-refractivity contribution in [3.63, 3.8) is 0 Å². The van der Waals surface area contributed by atoms with Gasteiger partial charge in [-0.3, -0.25) is 4.79 Å². The molecule has 0 atom stereocenters. The van der Waals surface area contributed by atoms with Gasteiger partial charge in [0.05, 0.1) is 17.6 Å². The van der Waals surface area contributed by atoms with Crippen molar-refractivity contribution in [2.45, 2.75) is 38.1 Å². The standard InChI is InChI=1S/C18H22FN5O/c1-2-15(25)24-9-5-14-16(22-12-21-14)18(24)6-10-23(11-7-18)17-13(19)4-3-8-20-17/h3-4,8,12H,2,5-7,9-11H2,1H3,(H,21,22). The van der Waals surface area contributed by atoms with Crippen molar-refractivity contribution in [1.82, 2.24) is 19.9 Å². The minimum absolute atomic E-state index is 0.158. The van der Waals surface area contributed by atoms with Crippen LogP contribution in [0.25, 0.3) is 0 Å². The number of rotatable bonds is 2. The van der Waals surface area contributed by atoms with Crippen LogP contribution < -0.4 is 4.90 Å². The van der Waals surface area contributed by atoms with E-state index in [1.165, 1.54) is 6.07 Å². The maximum Gasteiger partial charge on any atom is 0.223 e. The summed E-state index contributed by atoms with van der Waals surface area (Å²) in [6.45, 7) is 3.90. The monoisotopic (exact) mass is 343 g/mol. The predicted molar refractivity (Wildman–Crippen MR) is 91.6 cm³/mol. The summed E-state index contributed by atoms with van der Waals surface area (Å²) in [7, 11) is 0. The fraction of sp³-hybridized carbons (Fsp3) is 0.500. The molecule has 2 aliphatic heterocycles. The summed E-state index contributed by atoms with van der Waals surface area (Å²) >= 11 is 0. The Balaban J connectivity index is 1.65. The van der Waals surface area contributed by atoms with Gasteiger partial charge in [0.2, 0.25) is 5.91 Å². The van der Waals surface area contributed by atoms with E-state index in [1.807, 2.05) is 16.7 Å². The number of nitrogens with zero attached hydrogens (tertiary/aromatic N) is 4. The molecule has 6 nitrogen and oxygen atoms in total. The molecule has 0 aromatic carbocycles. The molecular formula is C18H22FN5O. The topological polar surface area (TPSA) is 65.1 Å². The average Bonchev–Trinajstić information content (AvgIpc) is 3.13. The van der Waals surface area contributed by atoms with E-state index in [0.29, 0.717) is 31.9 Å². The van der Waals surface area contributed by atoms with Crippen molar-refractivity contribution < 1.29 is 9.18 Å². The minimum Gasteiger partial charge on any atom is -0.354 e. The lowest BCUT2D eigenvalue weighted by atomic mass is 9.78. The highest BCUT2D eigenvalue weighted by Crippen LogP contribution is 2.43. The largest absolute Gasteiger partial charge is 0.354 e. The summed E-state index contributed by atoms with van der Waals surface area (Å²) in [6, 6.07) is 3.04. The number of hydrogen-bond donors (Lipinski definition) is 1. The van der Waals surface area contributed by atoms with Crippen LogP contribution in [0.3, 0.4) is 0 Å². The lowest BCUT2D eigenvalue weighted by molar-refractivity contribution is -0.140. The first kappa shape index (κ1) is 16.1. The van der Waals surface area contributed by atoms with Crippen LogP contribution in [-0.4, -0.2) is 45.4 Å². The Labute approximate surface area is 146 Å². The smallest absolute Gasteiger partial charge is 0.223 e. The summed E-state index contributed by atoms with van der Waals surface area (Å²) in [6.07, 6.45) is 6.08. The Morgan fingerprint density at radius 1 is 1.32 bits per heavy atom. The van der Waals surface area contributed by atoms with Crippen molar-refractivity contribution in [2.24, 2.45) is 0 Å². The highest BCUT2D eigenvalue weighted by Gasteiger charge is 2.48. The van der Waals surface area contributed by atoms with Gasteiger partial charge in [0.15, 0.2) is 11.6 Å². The number of fused-ring (bicyclic) bond motifs is 2. The summed E-state index contributed by atoms with van der Waals surface area (Å²) in [5, 5.41) is 0. The van der Waals surface area contributed by atoms with E-state index in [2.05, 4.69) is 15.0 Å². The zero-order valence-corrected chi connectivity index (χ0v) is 14.3. The van der Waals surface area contributed by atoms with Crippen LogP contribution in [0.15, 0.2) is 24.7 Å². The third kappa shape index (κ3) is 2.49. The van der Waals surface area contributed by atoms with Crippen molar-refractivity contribution in [2.75, 3.05) is 24.5 Å². The molecule has 1 N–H and O–H groups in total. The molecule has 1 spiro atoms. The molecular weight excluding hydrogens is 321 g/mol. The Morgan fingerprint density at radius 2 is 2.12 bits per heavy atom. The molecule has 0 radical (unpaired) electrons. The van der Waals surface area contributed by atoms with Crippen molar-refractivity contribution in [3.05, 3.63) is 41.9 Å². The van der Waals surface area contributed by atoms with Crippen molar-refractivity contribution in [1.29, 1.82) is 0 Å². The van der Waals surface area contributed by atoms with Gasteiger partial charge in [-0.2, -0.15) is 0 Å². The third-order valence-corrected chi connectivity index (χ3v) is 5.49. The number of aromatic nitrogens is 3. The molecule has 0 unspecified atom stereocenters. The number of hydrogen-bond acceptors (Lipinski definition) is 4. The molecule has 0 bridgehead atoms. The van der Waals surface area contributed by atoms with Gasteiger partial charge in [-0.1, -0.05) is 6.92 Å². The first-order chi connectivity index (χ1) is 12.2. The second-order valence-electron chi connectivity index (χ2n) is 6.71. The number of nitrogens with one attached hydrogen (secondary N) is 1. The molecule has 4 heterocycles. The van der Waals surface area contributed by atoms with E-state index >= 15 is 0 Å². The van der Waals surface area contributed by atoms with E-state index < -0.39 is 0 Å². The van der Waals surface area contributed by atoms with Crippen LogP contribution in [0.5, 0.6) is 0 Å². The van der Waals surface area contributed by atoms with Gasteiger partial charge in [0.1, 0.15) is 0 Å². The SMILES string of the molecule is CCC(=O)N1CCc2[nH]cnc2C12CCN(c1ncccc1F)CC2. The summed E-state index contributed by atoms with van der Waals surface area (Å²) in [4.78, 5) is 28.5. The third-order valence-electron chi connectivity index (χ3n) is 5.49. The van der Waals surface area contributed by atoms with Gasteiger partial charge in [-0.05, 0) is 25.0 Å². The molecule has 132 valence electrons. The number of carbonyl (C=O) groups excluding carboxylic acids is 1. The van der Waals surface area contributed by atoms with E-state index in [1.54, 1.807) is 18.6 Å². The number of piperidine rings is 1. The normalized spacial score (nSPS) is 19.1. The van der Waals surface area contributed by atoms with E-state index in [-0.39, 0.29) is 17.3 Å². The minimum atomic E-state index is -0.386. The molecule has 1 amide bonds. The van der Waals surface area contributed by atoms with Crippen LogP contribution in [0.2, 0.25) is 0 Å². The van der Waals surface area contributed by atoms with Crippen molar-refractivity contribution in [3.8, 4) is 0 Å². The molecule has 1 fully saturated rings. The van der Waals surface area contributed by atoms with Gasteiger partial charge in [-0.25, -0.2) is 14.4 Å². The molecule has 1 saturated heterocycles.